The third-order valence-corrected chi connectivity index (χ3v) is 3.44. The van der Waals surface area contributed by atoms with Gasteiger partial charge in [-0.15, -0.1) is 0 Å². The van der Waals surface area contributed by atoms with Crippen LogP contribution in [0.25, 0.3) is 0 Å². The zero-order valence-corrected chi connectivity index (χ0v) is 12.5. The van der Waals surface area contributed by atoms with Gasteiger partial charge in [0.25, 0.3) is 0 Å². The van der Waals surface area contributed by atoms with Crippen LogP contribution in [-0.4, -0.2) is 30.6 Å². The van der Waals surface area contributed by atoms with Crippen molar-refractivity contribution in [1.29, 1.82) is 0 Å². The van der Waals surface area contributed by atoms with Crippen molar-refractivity contribution < 1.29 is 19.4 Å². The summed E-state index contributed by atoms with van der Waals surface area (Å²) < 4.78 is 10.5. The van der Waals surface area contributed by atoms with Crippen molar-refractivity contribution in [1.82, 2.24) is 5.32 Å². The monoisotopic (exact) mass is 314 g/mol. The summed E-state index contributed by atoms with van der Waals surface area (Å²) in [5.74, 6) is 1.26. The standard InChI is InChI=1S/C17H18N2O4/c20-14(8-12-4-2-1-3-5-12)10-18-17(21)19-13-6-7-15-16(9-13)23-11-22-15/h1-7,9,14,20H,8,10-11H2,(H2,18,19,21). The molecule has 0 radical (unpaired) electrons. The van der Waals surface area contributed by atoms with E-state index in [1.807, 2.05) is 30.3 Å². The molecule has 0 saturated carbocycles. The number of carbonyl (C=O) groups excluding carboxylic acids is 1. The lowest BCUT2D eigenvalue weighted by atomic mass is 10.1. The number of rotatable bonds is 5. The van der Waals surface area contributed by atoms with Crippen molar-refractivity contribution in [3.8, 4) is 11.5 Å². The van der Waals surface area contributed by atoms with Crippen LogP contribution in [0.3, 0.4) is 0 Å². The first-order chi connectivity index (χ1) is 11.2. The summed E-state index contributed by atoms with van der Waals surface area (Å²) in [6, 6.07) is 14.4. The Bertz CT molecular complexity index is 676. The largest absolute Gasteiger partial charge is 0.454 e. The van der Waals surface area contributed by atoms with Crippen molar-refractivity contribution in [3.63, 3.8) is 0 Å². The summed E-state index contributed by atoms with van der Waals surface area (Å²) >= 11 is 0. The zero-order valence-electron chi connectivity index (χ0n) is 12.5. The Morgan fingerprint density at radius 2 is 1.91 bits per heavy atom. The van der Waals surface area contributed by atoms with Gasteiger partial charge >= 0.3 is 6.03 Å². The number of fused-ring (bicyclic) bond motifs is 1. The number of amides is 2. The van der Waals surface area contributed by atoms with Crippen molar-refractivity contribution in [2.45, 2.75) is 12.5 Å². The smallest absolute Gasteiger partial charge is 0.319 e. The van der Waals surface area contributed by atoms with Crippen LogP contribution in [0.1, 0.15) is 5.56 Å². The Morgan fingerprint density at radius 3 is 2.74 bits per heavy atom. The Morgan fingerprint density at radius 1 is 1.13 bits per heavy atom. The third kappa shape index (κ3) is 4.14. The number of carbonyl (C=O) groups is 1. The summed E-state index contributed by atoms with van der Waals surface area (Å²) in [4.78, 5) is 11.9. The molecule has 6 heteroatoms. The molecule has 3 rings (SSSR count). The molecule has 2 amide bonds. The molecule has 1 aliphatic heterocycles. The van der Waals surface area contributed by atoms with Crippen LogP contribution >= 0.6 is 0 Å². The van der Waals surface area contributed by atoms with Crippen LogP contribution in [0, 0.1) is 0 Å². The first kappa shape index (κ1) is 15.2. The molecule has 0 fully saturated rings. The highest BCUT2D eigenvalue weighted by atomic mass is 16.7. The Labute approximate surface area is 134 Å². The summed E-state index contributed by atoms with van der Waals surface area (Å²) in [6.45, 7) is 0.363. The first-order valence-corrected chi connectivity index (χ1v) is 7.37. The number of urea groups is 1. The van der Waals surface area contributed by atoms with E-state index in [0.29, 0.717) is 23.6 Å². The quantitative estimate of drug-likeness (QED) is 0.790. The Balaban J connectivity index is 1.46. The van der Waals surface area contributed by atoms with Crippen LogP contribution in [0.4, 0.5) is 10.5 Å². The van der Waals surface area contributed by atoms with Crippen LogP contribution < -0.4 is 20.1 Å². The van der Waals surface area contributed by atoms with Crippen LogP contribution in [-0.2, 0) is 6.42 Å². The second-order valence-electron chi connectivity index (χ2n) is 5.25. The van der Waals surface area contributed by atoms with Crippen molar-refractivity contribution >= 4 is 11.7 Å². The maximum absolute atomic E-state index is 11.9. The molecule has 2 aromatic carbocycles. The van der Waals surface area contributed by atoms with E-state index in [1.165, 1.54) is 0 Å². The number of hydrogen-bond donors (Lipinski definition) is 3. The molecule has 120 valence electrons. The maximum atomic E-state index is 11.9. The number of anilines is 1. The molecule has 3 N–H and O–H groups in total. The summed E-state index contributed by atoms with van der Waals surface area (Å²) in [7, 11) is 0. The Hall–Kier alpha value is -2.73. The topological polar surface area (TPSA) is 79.8 Å². The van der Waals surface area contributed by atoms with E-state index in [9.17, 15) is 9.90 Å². The fraction of sp³-hybridized carbons (Fsp3) is 0.235. The number of aliphatic hydroxyl groups is 1. The molecule has 2 aromatic rings. The molecule has 0 bridgehead atoms. The van der Waals surface area contributed by atoms with Gasteiger partial charge in [-0.2, -0.15) is 0 Å². The van der Waals surface area contributed by atoms with E-state index in [4.69, 9.17) is 9.47 Å². The maximum Gasteiger partial charge on any atom is 0.319 e. The van der Waals surface area contributed by atoms with Crippen molar-refractivity contribution in [2.75, 3.05) is 18.7 Å². The van der Waals surface area contributed by atoms with E-state index < -0.39 is 6.10 Å². The van der Waals surface area contributed by atoms with Gasteiger partial charge in [0.15, 0.2) is 11.5 Å². The zero-order chi connectivity index (χ0) is 16.1. The average molecular weight is 314 g/mol. The fourth-order valence-corrected chi connectivity index (χ4v) is 2.32. The van der Waals surface area contributed by atoms with E-state index in [2.05, 4.69) is 10.6 Å². The van der Waals surface area contributed by atoms with Crippen LogP contribution in [0.5, 0.6) is 11.5 Å². The average Bonchev–Trinajstić information content (AvgIpc) is 3.01. The van der Waals surface area contributed by atoms with E-state index in [0.717, 1.165) is 5.56 Å². The van der Waals surface area contributed by atoms with Gasteiger partial charge in [0.1, 0.15) is 0 Å². The minimum atomic E-state index is -0.639. The van der Waals surface area contributed by atoms with E-state index in [1.54, 1.807) is 18.2 Å². The molecule has 0 aliphatic carbocycles. The van der Waals surface area contributed by atoms with Crippen LogP contribution in [0.15, 0.2) is 48.5 Å². The summed E-state index contributed by atoms with van der Waals surface area (Å²) in [5.41, 5.74) is 1.63. The summed E-state index contributed by atoms with van der Waals surface area (Å²) in [5, 5.41) is 15.3. The molecule has 0 aromatic heterocycles. The lowest BCUT2D eigenvalue weighted by molar-refractivity contribution is 0.172. The predicted octanol–water partition coefficient (Wildman–Crippen LogP) is 2.14. The molecule has 1 unspecified atom stereocenters. The molecule has 6 nitrogen and oxygen atoms in total. The molecular weight excluding hydrogens is 296 g/mol. The lowest BCUT2D eigenvalue weighted by Crippen LogP contribution is -2.36. The molecule has 23 heavy (non-hydrogen) atoms. The van der Waals surface area contributed by atoms with Gasteiger partial charge in [-0.05, 0) is 17.7 Å². The van der Waals surface area contributed by atoms with E-state index in [-0.39, 0.29) is 19.4 Å². The molecule has 1 aliphatic rings. The van der Waals surface area contributed by atoms with Gasteiger partial charge < -0.3 is 25.2 Å². The number of ether oxygens (including phenoxy) is 2. The highest BCUT2D eigenvalue weighted by Gasteiger charge is 2.14. The minimum Gasteiger partial charge on any atom is -0.454 e. The Kier molecular flexibility index (Phi) is 4.63. The minimum absolute atomic E-state index is 0.172. The number of benzene rings is 2. The van der Waals surface area contributed by atoms with Crippen molar-refractivity contribution in [3.05, 3.63) is 54.1 Å². The number of hydrogen-bond acceptors (Lipinski definition) is 4. The molecule has 1 heterocycles. The highest BCUT2D eigenvalue weighted by molar-refractivity contribution is 5.89. The highest BCUT2D eigenvalue weighted by Crippen LogP contribution is 2.34. The molecule has 0 saturated heterocycles. The second kappa shape index (κ2) is 7.02. The normalized spacial score (nSPS) is 13.4. The van der Waals surface area contributed by atoms with Gasteiger partial charge in [0, 0.05) is 24.7 Å². The first-order valence-electron chi connectivity index (χ1n) is 7.37. The predicted molar refractivity (Wildman–Crippen MR) is 85.7 cm³/mol. The lowest BCUT2D eigenvalue weighted by Gasteiger charge is -2.13. The van der Waals surface area contributed by atoms with Gasteiger partial charge in [-0.3, -0.25) is 0 Å². The van der Waals surface area contributed by atoms with Crippen LogP contribution in [0.2, 0.25) is 0 Å². The van der Waals surface area contributed by atoms with Gasteiger partial charge in [-0.25, -0.2) is 4.79 Å². The number of nitrogens with one attached hydrogen (secondary N) is 2. The number of aliphatic hydroxyl groups excluding tert-OH is 1. The molecule has 1 atom stereocenters. The molecule has 0 spiro atoms. The van der Waals surface area contributed by atoms with E-state index >= 15 is 0 Å². The van der Waals surface area contributed by atoms with Gasteiger partial charge in [0.05, 0.1) is 6.10 Å². The van der Waals surface area contributed by atoms with Gasteiger partial charge in [0.2, 0.25) is 6.79 Å². The van der Waals surface area contributed by atoms with Gasteiger partial charge in [-0.1, -0.05) is 30.3 Å². The third-order valence-electron chi connectivity index (χ3n) is 3.44. The SMILES string of the molecule is O=C(NCC(O)Cc1ccccc1)Nc1ccc2c(c1)OCO2. The second-order valence-corrected chi connectivity index (χ2v) is 5.25. The summed E-state index contributed by atoms with van der Waals surface area (Å²) in [6.07, 6.45) is -0.148. The van der Waals surface area contributed by atoms with Crippen molar-refractivity contribution in [2.24, 2.45) is 0 Å². The fourth-order valence-electron chi connectivity index (χ4n) is 2.32. The molecular formula is C17H18N2O4.